The third kappa shape index (κ3) is 1.20. The van der Waals surface area contributed by atoms with E-state index in [1.165, 1.54) is 23.5 Å². The van der Waals surface area contributed by atoms with E-state index in [1.807, 2.05) is 0 Å². The van der Waals surface area contributed by atoms with Crippen molar-refractivity contribution in [2.75, 3.05) is 0 Å². The average Bonchev–Trinajstić information content (AvgIpc) is 2.12. The molecule has 1 aliphatic heterocycles. The number of thioether (sulfide) groups is 2. The lowest BCUT2D eigenvalue weighted by molar-refractivity contribution is -0.134. The third-order valence-corrected chi connectivity index (χ3v) is 2.98. The molecule has 4 heteroatoms. The van der Waals surface area contributed by atoms with Gasteiger partial charge in [-0.15, -0.1) is 23.5 Å². The summed E-state index contributed by atoms with van der Waals surface area (Å²) in [5.41, 5.74) is 0. The molecule has 1 rings (SSSR count). The van der Waals surface area contributed by atoms with Gasteiger partial charge >= 0.3 is 5.97 Å². The van der Waals surface area contributed by atoms with Crippen LogP contribution in [0.1, 0.15) is 0 Å². The lowest BCUT2D eigenvalue weighted by Gasteiger charge is -1.96. The number of aliphatic carboxylic acids is 1. The first-order chi connectivity index (χ1) is 3.80. The normalized spacial score (nSPS) is 19.5. The van der Waals surface area contributed by atoms with E-state index in [2.05, 4.69) is 0 Å². The molecule has 0 spiro atoms. The summed E-state index contributed by atoms with van der Waals surface area (Å²) in [6, 6.07) is 0. The SMILES string of the molecule is O=C(O)C1SC=CS1. The first kappa shape index (κ1) is 6.04. The summed E-state index contributed by atoms with van der Waals surface area (Å²) < 4.78 is -0.296. The minimum Gasteiger partial charge on any atom is -0.480 e. The highest BCUT2D eigenvalue weighted by molar-refractivity contribution is 8.23. The van der Waals surface area contributed by atoms with Gasteiger partial charge in [-0.1, -0.05) is 0 Å². The summed E-state index contributed by atoms with van der Waals surface area (Å²) in [4.78, 5) is 10.1. The van der Waals surface area contributed by atoms with Gasteiger partial charge < -0.3 is 5.11 Å². The molecule has 2 nitrogen and oxygen atoms in total. The highest BCUT2D eigenvalue weighted by Gasteiger charge is 2.18. The molecule has 0 fully saturated rings. The molecule has 0 amide bonds. The smallest absolute Gasteiger partial charge is 0.327 e. The Kier molecular flexibility index (Phi) is 1.85. The van der Waals surface area contributed by atoms with Crippen LogP contribution in [-0.4, -0.2) is 15.7 Å². The maximum Gasteiger partial charge on any atom is 0.327 e. The molecule has 0 saturated carbocycles. The Morgan fingerprint density at radius 2 is 2.00 bits per heavy atom. The van der Waals surface area contributed by atoms with Gasteiger partial charge in [0, 0.05) is 0 Å². The van der Waals surface area contributed by atoms with E-state index in [-0.39, 0.29) is 4.58 Å². The van der Waals surface area contributed by atoms with Crippen LogP contribution in [0.4, 0.5) is 0 Å². The van der Waals surface area contributed by atoms with Gasteiger partial charge in [-0.2, -0.15) is 0 Å². The van der Waals surface area contributed by atoms with Gasteiger partial charge in [0.2, 0.25) is 0 Å². The van der Waals surface area contributed by atoms with Crippen molar-refractivity contribution in [1.29, 1.82) is 0 Å². The van der Waals surface area contributed by atoms with Crippen molar-refractivity contribution in [2.24, 2.45) is 0 Å². The molecule has 0 unspecified atom stereocenters. The molecule has 0 saturated heterocycles. The number of hydrogen-bond acceptors (Lipinski definition) is 3. The highest BCUT2D eigenvalue weighted by atomic mass is 32.2. The Bertz CT molecular complexity index is 124. The first-order valence-corrected chi connectivity index (χ1v) is 3.88. The third-order valence-electron chi connectivity index (χ3n) is 0.662. The van der Waals surface area contributed by atoms with Gasteiger partial charge in [-0.25, -0.2) is 0 Å². The summed E-state index contributed by atoms with van der Waals surface area (Å²) in [5.74, 6) is -0.745. The van der Waals surface area contributed by atoms with Crippen LogP contribution in [0.2, 0.25) is 0 Å². The Labute approximate surface area is 55.3 Å². The van der Waals surface area contributed by atoms with E-state index in [0.29, 0.717) is 0 Å². The summed E-state index contributed by atoms with van der Waals surface area (Å²) in [6.07, 6.45) is 0. The van der Waals surface area contributed by atoms with Crippen molar-refractivity contribution in [3.63, 3.8) is 0 Å². The van der Waals surface area contributed by atoms with Crippen LogP contribution >= 0.6 is 23.5 Å². The molecular weight excluding hydrogens is 144 g/mol. The van der Waals surface area contributed by atoms with Crippen LogP contribution in [0.25, 0.3) is 0 Å². The van der Waals surface area contributed by atoms with Crippen molar-refractivity contribution in [1.82, 2.24) is 0 Å². The zero-order valence-corrected chi connectivity index (χ0v) is 5.54. The van der Waals surface area contributed by atoms with E-state index in [4.69, 9.17) is 5.11 Å². The zero-order chi connectivity index (χ0) is 5.98. The topological polar surface area (TPSA) is 37.3 Å². The van der Waals surface area contributed by atoms with Crippen molar-refractivity contribution >= 4 is 29.5 Å². The van der Waals surface area contributed by atoms with Crippen LogP contribution in [0, 0.1) is 0 Å². The number of hydrogen-bond donors (Lipinski definition) is 1. The van der Waals surface area contributed by atoms with Gasteiger partial charge in [0.15, 0.2) is 4.58 Å². The van der Waals surface area contributed by atoms with Crippen LogP contribution in [0.15, 0.2) is 10.8 Å². The summed E-state index contributed by atoms with van der Waals surface area (Å²) in [7, 11) is 0. The number of rotatable bonds is 1. The minimum atomic E-state index is -0.745. The predicted octanol–water partition coefficient (Wildman–Crippen LogP) is 1.35. The summed E-state index contributed by atoms with van der Waals surface area (Å²) in [5, 5.41) is 11.9. The molecule has 1 N–H and O–H groups in total. The Balaban J connectivity index is 2.41. The van der Waals surface area contributed by atoms with E-state index < -0.39 is 5.97 Å². The average molecular weight is 148 g/mol. The minimum absolute atomic E-state index is 0.296. The molecule has 0 radical (unpaired) electrons. The molecule has 0 aromatic heterocycles. The molecular formula is C4H4O2S2. The second-order valence-electron chi connectivity index (χ2n) is 1.21. The lowest BCUT2D eigenvalue weighted by Crippen LogP contribution is -2.07. The monoisotopic (exact) mass is 148 g/mol. The summed E-state index contributed by atoms with van der Waals surface area (Å²) in [6.45, 7) is 0. The summed E-state index contributed by atoms with van der Waals surface area (Å²) >= 11 is 2.67. The van der Waals surface area contributed by atoms with Crippen LogP contribution in [-0.2, 0) is 4.79 Å². The van der Waals surface area contributed by atoms with Crippen LogP contribution < -0.4 is 0 Å². The quantitative estimate of drug-likeness (QED) is 0.609. The fraction of sp³-hybridized carbons (Fsp3) is 0.250. The Morgan fingerprint density at radius 3 is 2.25 bits per heavy atom. The maximum absolute atomic E-state index is 10.1. The van der Waals surface area contributed by atoms with Crippen molar-refractivity contribution in [3.8, 4) is 0 Å². The predicted molar refractivity (Wildman–Crippen MR) is 35.7 cm³/mol. The molecule has 8 heavy (non-hydrogen) atoms. The molecule has 1 heterocycles. The zero-order valence-electron chi connectivity index (χ0n) is 3.90. The van der Waals surface area contributed by atoms with Gasteiger partial charge in [-0.05, 0) is 10.8 Å². The van der Waals surface area contributed by atoms with Crippen LogP contribution in [0.5, 0.6) is 0 Å². The molecule has 44 valence electrons. The fourth-order valence-electron chi connectivity index (χ4n) is 0.355. The van der Waals surface area contributed by atoms with Crippen LogP contribution in [0.3, 0.4) is 0 Å². The van der Waals surface area contributed by atoms with E-state index in [9.17, 15) is 4.79 Å². The largest absolute Gasteiger partial charge is 0.480 e. The lowest BCUT2D eigenvalue weighted by atomic mass is 10.8. The van der Waals surface area contributed by atoms with E-state index >= 15 is 0 Å². The van der Waals surface area contributed by atoms with Crippen molar-refractivity contribution in [2.45, 2.75) is 4.58 Å². The highest BCUT2D eigenvalue weighted by Crippen LogP contribution is 2.32. The standard InChI is InChI=1S/C4H4O2S2/c5-3(6)4-7-1-2-8-4/h1-2,4H,(H,5,6). The van der Waals surface area contributed by atoms with Gasteiger partial charge in [0.1, 0.15) is 0 Å². The molecule has 1 aliphatic rings. The number of carboxylic acids is 1. The second kappa shape index (κ2) is 2.46. The van der Waals surface area contributed by atoms with Gasteiger partial charge in [0.05, 0.1) is 0 Å². The van der Waals surface area contributed by atoms with Gasteiger partial charge in [-0.3, -0.25) is 4.79 Å². The molecule has 0 aromatic carbocycles. The van der Waals surface area contributed by atoms with Crippen molar-refractivity contribution in [3.05, 3.63) is 10.8 Å². The fourth-order valence-corrected chi connectivity index (χ4v) is 2.03. The van der Waals surface area contributed by atoms with E-state index in [1.54, 1.807) is 10.8 Å². The Morgan fingerprint density at radius 1 is 1.50 bits per heavy atom. The first-order valence-electron chi connectivity index (χ1n) is 1.99. The van der Waals surface area contributed by atoms with Gasteiger partial charge in [0.25, 0.3) is 0 Å². The molecule has 0 atom stereocenters. The molecule has 0 bridgehead atoms. The van der Waals surface area contributed by atoms with Crippen molar-refractivity contribution < 1.29 is 9.90 Å². The van der Waals surface area contributed by atoms with E-state index in [0.717, 1.165) is 0 Å². The number of carbonyl (C=O) groups is 1. The number of carboxylic acid groups (broad SMARTS) is 1. The maximum atomic E-state index is 10.1. The molecule has 0 aliphatic carbocycles. The molecule has 0 aromatic rings. The second-order valence-corrected chi connectivity index (χ2v) is 3.54. The Hall–Kier alpha value is -0.0900.